The third-order valence-corrected chi connectivity index (χ3v) is 9.02. The minimum absolute atomic E-state index is 0.115. The van der Waals surface area contributed by atoms with E-state index >= 15 is 0 Å². The average Bonchev–Trinajstić information content (AvgIpc) is 2.75. The molecule has 0 N–H and O–H groups in total. The summed E-state index contributed by atoms with van der Waals surface area (Å²) in [6, 6.07) is 30.8. The third-order valence-electron chi connectivity index (χ3n) is 5.96. The predicted molar refractivity (Wildman–Crippen MR) is 141 cm³/mol. The van der Waals surface area contributed by atoms with E-state index in [0.717, 1.165) is 19.6 Å². The lowest BCUT2D eigenvalue weighted by Gasteiger charge is -2.37. The lowest BCUT2D eigenvalue weighted by atomic mass is 9.96. The van der Waals surface area contributed by atoms with Crippen LogP contribution in [0.25, 0.3) is 0 Å². The van der Waals surface area contributed by atoms with Crippen LogP contribution >= 0.6 is 7.92 Å². The van der Waals surface area contributed by atoms with Crippen LogP contribution in [0.4, 0.5) is 0 Å². The molecule has 32 heavy (non-hydrogen) atoms. The van der Waals surface area contributed by atoms with Gasteiger partial charge in [-0.05, 0) is 69.2 Å². The van der Waals surface area contributed by atoms with Crippen molar-refractivity contribution in [3.05, 3.63) is 96.1 Å². The molecule has 0 aliphatic heterocycles. The highest BCUT2D eigenvalue weighted by Gasteiger charge is 2.32. The summed E-state index contributed by atoms with van der Waals surface area (Å²) in [5.74, 6) is 0. The molecule has 0 bridgehead atoms. The smallest absolute Gasteiger partial charge is 0.0875 e. The van der Waals surface area contributed by atoms with Crippen molar-refractivity contribution in [2.75, 3.05) is 20.7 Å². The number of hydrogen-bond donors (Lipinski definition) is 0. The highest BCUT2D eigenvalue weighted by molar-refractivity contribution is 7.74. The van der Waals surface area contributed by atoms with Crippen molar-refractivity contribution in [1.82, 2.24) is 4.90 Å². The Morgan fingerprint density at radius 2 is 1.22 bits per heavy atom. The second-order valence-corrected chi connectivity index (χ2v) is 12.8. The number of hydrogen-bond acceptors (Lipinski definition) is 2. The fourth-order valence-corrected chi connectivity index (χ4v) is 7.08. The van der Waals surface area contributed by atoms with Gasteiger partial charge in [0.15, 0.2) is 0 Å². The second-order valence-electron chi connectivity index (χ2n) is 9.86. The first-order valence-electron chi connectivity index (χ1n) is 11.5. The van der Waals surface area contributed by atoms with E-state index in [4.69, 9.17) is 4.74 Å². The summed E-state index contributed by atoms with van der Waals surface area (Å²) in [7, 11) is 3.71. The fourth-order valence-electron chi connectivity index (χ4n) is 4.13. The van der Waals surface area contributed by atoms with Gasteiger partial charge in [-0.1, -0.05) is 98.8 Å². The maximum atomic E-state index is 6.49. The maximum Gasteiger partial charge on any atom is 0.0875 e. The Kier molecular flexibility index (Phi) is 8.28. The molecule has 0 aliphatic carbocycles. The van der Waals surface area contributed by atoms with Crippen molar-refractivity contribution in [2.24, 2.45) is 0 Å². The van der Waals surface area contributed by atoms with E-state index in [1.165, 1.54) is 21.7 Å². The summed E-state index contributed by atoms with van der Waals surface area (Å²) in [5.41, 5.74) is 2.24. The van der Waals surface area contributed by atoms with Crippen LogP contribution in [-0.2, 0) is 16.9 Å². The molecule has 0 unspecified atom stereocenters. The SMILES string of the molecule is CN(C)Cc1ccc(C(C)(C)OCCC(C)(C)P(c2ccccc2)c2ccccc2)cc1. The first kappa shape index (κ1) is 24.6. The molecule has 0 spiro atoms. The van der Waals surface area contributed by atoms with Crippen LogP contribution in [0.15, 0.2) is 84.9 Å². The van der Waals surface area contributed by atoms with Gasteiger partial charge in [-0.15, -0.1) is 0 Å². The first-order chi connectivity index (χ1) is 15.2. The Bertz CT molecular complexity index is 910. The van der Waals surface area contributed by atoms with E-state index in [2.05, 4.69) is 132 Å². The van der Waals surface area contributed by atoms with Crippen LogP contribution in [0, 0.1) is 0 Å². The van der Waals surface area contributed by atoms with Crippen LogP contribution in [-0.4, -0.2) is 30.8 Å². The van der Waals surface area contributed by atoms with Gasteiger partial charge in [0.1, 0.15) is 0 Å². The van der Waals surface area contributed by atoms with Gasteiger partial charge >= 0.3 is 0 Å². The second kappa shape index (κ2) is 10.8. The van der Waals surface area contributed by atoms with Gasteiger partial charge in [-0.25, -0.2) is 0 Å². The molecule has 0 amide bonds. The molecule has 0 aliphatic rings. The summed E-state index contributed by atoms with van der Waals surface area (Å²) in [6.07, 6.45) is 1.00. The van der Waals surface area contributed by atoms with Gasteiger partial charge in [0.2, 0.25) is 0 Å². The number of rotatable bonds is 10. The van der Waals surface area contributed by atoms with Gasteiger partial charge in [-0.2, -0.15) is 0 Å². The molecule has 2 nitrogen and oxygen atoms in total. The summed E-state index contributed by atoms with van der Waals surface area (Å²) in [4.78, 5) is 2.19. The van der Waals surface area contributed by atoms with E-state index in [1.807, 2.05) is 0 Å². The van der Waals surface area contributed by atoms with Gasteiger partial charge in [0.05, 0.1) is 5.60 Å². The van der Waals surface area contributed by atoms with Crippen LogP contribution in [0.3, 0.4) is 0 Å². The summed E-state index contributed by atoms with van der Waals surface area (Å²) in [5, 5.41) is 2.97. The Balaban J connectivity index is 1.71. The van der Waals surface area contributed by atoms with Crippen molar-refractivity contribution in [2.45, 2.75) is 51.4 Å². The molecule has 3 rings (SSSR count). The Hall–Kier alpha value is -1.99. The zero-order valence-corrected chi connectivity index (χ0v) is 21.4. The van der Waals surface area contributed by atoms with E-state index < -0.39 is 7.92 Å². The molecular weight excluding hydrogens is 409 g/mol. The number of nitrogens with zero attached hydrogens (tertiary/aromatic N) is 1. The largest absolute Gasteiger partial charge is 0.371 e. The molecule has 3 aromatic rings. The summed E-state index contributed by atoms with van der Waals surface area (Å²) < 4.78 is 6.49. The Morgan fingerprint density at radius 3 is 1.69 bits per heavy atom. The zero-order valence-electron chi connectivity index (χ0n) is 20.5. The Morgan fingerprint density at radius 1 is 0.719 bits per heavy atom. The zero-order chi connectivity index (χ0) is 23.2. The molecule has 0 atom stereocenters. The average molecular weight is 448 g/mol. The molecule has 170 valence electrons. The predicted octanol–water partition coefficient (Wildman–Crippen LogP) is 6.30. The molecule has 0 heterocycles. The summed E-state index contributed by atoms with van der Waals surface area (Å²) >= 11 is 0. The maximum absolute atomic E-state index is 6.49. The fraction of sp³-hybridized carbons (Fsp3) is 0.379. The number of ether oxygens (including phenoxy) is 1. The first-order valence-corrected chi connectivity index (χ1v) is 12.8. The van der Waals surface area contributed by atoms with Crippen LogP contribution in [0.1, 0.15) is 45.2 Å². The molecule has 0 fully saturated rings. The van der Waals surface area contributed by atoms with E-state index in [-0.39, 0.29) is 10.8 Å². The number of benzene rings is 3. The minimum atomic E-state index is -0.493. The quantitative estimate of drug-likeness (QED) is 0.338. The van der Waals surface area contributed by atoms with Gasteiger partial charge in [-0.3, -0.25) is 0 Å². The van der Waals surface area contributed by atoms with Crippen molar-refractivity contribution in [3.63, 3.8) is 0 Å². The molecular formula is C29H38NOP. The van der Waals surface area contributed by atoms with E-state index in [9.17, 15) is 0 Å². The molecule has 0 saturated heterocycles. The van der Waals surface area contributed by atoms with Crippen LogP contribution in [0.5, 0.6) is 0 Å². The molecule has 0 saturated carbocycles. The normalized spacial score (nSPS) is 12.5. The standard InChI is InChI=1S/C29H38NOP/c1-28(2,32(26-13-9-7-10-14-26)27-15-11-8-12-16-27)21-22-31-29(3,4)25-19-17-24(18-20-25)23-30(5)6/h7-20H,21-23H2,1-6H3. The minimum Gasteiger partial charge on any atom is -0.371 e. The summed E-state index contributed by atoms with van der Waals surface area (Å²) in [6.45, 7) is 10.8. The van der Waals surface area contributed by atoms with Crippen molar-refractivity contribution in [3.8, 4) is 0 Å². The van der Waals surface area contributed by atoms with E-state index in [0.29, 0.717) is 0 Å². The molecule has 3 aromatic carbocycles. The molecule has 0 radical (unpaired) electrons. The van der Waals surface area contributed by atoms with Gasteiger partial charge in [0.25, 0.3) is 0 Å². The third kappa shape index (κ3) is 6.51. The van der Waals surface area contributed by atoms with Crippen LogP contribution in [0.2, 0.25) is 0 Å². The topological polar surface area (TPSA) is 12.5 Å². The highest BCUT2D eigenvalue weighted by Crippen LogP contribution is 2.49. The monoisotopic (exact) mass is 447 g/mol. The van der Waals surface area contributed by atoms with Gasteiger partial charge in [0, 0.05) is 13.2 Å². The van der Waals surface area contributed by atoms with Crippen LogP contribution < -0.4 is 10.6 Å². The molecule has 0 aromatic heterocycles. The lowest BCUT2D eigenvalue weighted by molar-refractivity contribution is -0.0249. The van der Waals surface area contributed by atoms with Crippen molar-refractivity contribution < 1.29 is 4.74 Å². The Labute approximate surface area is 196 Å². The van der Waals surface area contributed by atoms with Gasteiger partial charge < -0.3 is 9.64 Å². The van der Waals surface area contributed by atoms with E-state index in [1.54, 1.807) is 0 Å². The lowest BCUT2D eigenvalue weighted by Crippen LogP contribution is -2.32. The van der Waals surface area contributed by atoms with Crippen molar-refractivity contribution in [1.29, 1.82) is 0 Å². The molecule has 3 heteroatoms. The highest BCUT2D eigenvalue weighted by atomic mass is 31.1. The van der Waals surface area contributed by atoms with Crippen molar-refractivity contribution >= 4 is 18.5 Å².